The maximum atomic E-state index is 12.8. The van der Waals surface area contributed by atoms with Crippen LogP contribution in [0.5, 0.6) is 0 Å². The van der Waals surface area contributed by atoms with Gasteiger partial charge in [0.05, 0.1) is 18.6 Å². The lowest BCUT2D eigenvalue weighted by Gasteiger charge is -2.23. The monoisotopic (exact) mass is 406 g/mol. The third-order valence-electron chi connectivity index (χ3n) is 4.93. The lowest BCUT2D eigenvalue weighted by atomic mass is 10.1. The SMILES string of the molecule is CN(Cc1ccccc1)C(=O)c1ccc([C@H]2SCC(=O)N2Cc2ccco2)cc1. The fourth-order valence-corrected chi connectivity index (χ4v) is 4.60. The Morgan fingerprint density at radius 1 is 1.10 bits per heavy atom. The van der Waals surface area contributed by atoms with E-state index in [1.165, 1.54) is 0 Å². The Morgan fingerprint density at radius 2 is 1.86 bits per heavy atom. The minimum absolute atomic E-state index is 0.0250. The molecular weight excluding hydrogens is 384 g/mol. The summed E-state index contributed by atoms with van der Waals surface area (Å²) in [6.07, 6.45) is 1.62. The van der Waals surface area contributed by atoms with Crippen molar-refractivity contribution in [3.8, 4) is 0 Å². The maximum absolute atomic E-state index is 12.8. The quantitative estimate of drug-likeness (QED) is 0.612. The highest BCUT2D eigenvalue weighted by Crippen LogP contribution is 2.39. The van der Waals surface area contributed by atoms with Crippen LogP contribution < -0.4 is 0 Å². The largest absolute Gasteiger partial charge is 0.467 e. The number of amides is 2. The van der Waals surface area contributed by atoms with E-state index in [4.69, 9.17) is 4.42 Å². The van der Waals surface area contributed by atoms with E-state index < -0.39 is 0 Å². The summed E-state index contributed by atoms with van der Waals surface area (Å²) in [5.74, 6) is 1.29. The fourth-order valence-electron chi connectivity index (χ4n) is 3.41. The number of furan rings is 1. The molecule has 1 atom stereocenters. The first-order valence-corrected chi connectivity index (χ1v) is 10.5. The Balaban J connectivity index is 1.45. The number of thioether (sulfide) groups is 1. The molecule has 2 heterocycles. The summed E-state index contributed by atoms with van der Waals surface area (Å²) in [5.41, 5.74) is 2.74. The third kappa shape index (κ3) is 4.38. The van der Waals surface area contributed by atoms with Gasteiger partial charge in [0.25, 0.3) is 5.91 Å². The van der Waals surface area contributed by atoms with E-state index in [1.807, 2.05) is 71.6 Å². The summed E-state index contributed by atoms with van der Waals surface area (Å²) >= 11 is 1.60. The first-order valence-electron chi connectivity index (χ1n) is 9.44. The number of rotatable bonds is 6. The van der Waals surface area contributed by atoms with Gasteiger partial charge in [0.1, 0.15) is 11.1 Å². The Morgan fingerprint density at radius 3 is 2.55 bits per heavy atom. The van der Waals surface area contributed by atoms with E-state index >= 15 is 0 Å². The molecule has 1 fully saturated rings. The van der Waals surface area contributed by atoms with Crippen molar-refractivity contribution >= 4 is 23.6 Å². The van der Waals surface area contributed by atoms with Gasteiger partial charge in [0.15, 0.2) is 0 Å². The summed E-state index contributed by atoms with van der Waals surface area (Å²) < 4.78 is 5.40. The number of nitrogens with zero attached hydrogens (tertiary/aromatic N) is 2. The van der Waals surface area contributed by atoms with Crippen LogP contribution in [0.25, 0.3) is 0 Å². The zero-order valence-corrected chi connectivity index (χ0v) is 17.0. The minimum Gasteiger partial charge on any atom is -0.467 e. The summed E-state index contributed by atoms with van der Waals surface area (Å²) in [6, 6.07) is 21.2. The van der Waals surface area contributed by atoms with Gasteiger partial charge in [-0.25, -0.2) is 0 Å². The van der Waals surface area contributed by atoms with E-state index in [9.17, 15) is 9.59 Å². The van der Waals surface area contributed by atoms with Crippen molar-refractivity contribution in [2.24, 2.45) is 0 Å². The van der Waals surface area contributed by atoms with Crippen molar-refractivity contribution in [3.05, 3.63) is 95.4 Å². The topological polar surface area (TPSA) is 53.8 Å². The third-order valence-corrected chi connectivity index (χ3v) is 6.18. The molecule has 29 heavy (non-hydrogen) atoms. The highest BCUT2D eigenvalue weighted by Gasteiger charge is 2.33. The lowest BCUT2D eigenvalue weighted by molar-refractivity contribution is -0.128. The molecule has 3 aromatic rings. The summed E-state index contributed by atoms with van der Waals surface area (Å²) in [4.78, 5) is 28.6. The molecule has 1 aromatic heterocycles. The number of hydrogen-bond donors (Lipinski definition) is 0. The molecule has 0 spiro atoms. The first kappa shape index (κ1) is 19.3. The van der Waals surface area contributed by atoms with Crippen molar-refractivity contribution in [2.45, 2.75) is 18.5 Å². The van der Waals surface area contributed by atoms with Gasteiger partial charge >= 0.3 is 0 Å². The van der Waals surface area contributed by atoms with Gasteiger partial charge in [-0.05, 0) is 35.4 Å². The fraction of sp³-hybridized carbons (Fsp3) is 0.217. The molecule has 2 amide bonds. The smallest absolute Gasteiger partial charge is 0.253 e. The second-order valence-electron chi connectivity index (χ2n) is 7.03. The second kappa shape index (κ2) is 8.57. The number of carbonyl (C=O) groups is 2. The van der Waals surface area contributed by atoms with Gasteiger partial charge in [0, 0.05) is 19.2 Å². The lowest BCUT2D eigenvalue weighted by Crippen LogP contribution is -2.28. The van der Waals surface area contributed by atoms with Crippen molar-refractivity contribution in [2.75, 3.05) is 12.8 Å². The Labute approximate surface area is 174 Å². The average molecular weight is 407 g/mol. The molecule has 0 bridgehead atoms. The predicted octanol–water partition coefficient (Wildman–Crippen LogP) is 4.33. The highest BCUT2D eigenvalue weighted by molar-refractivity contribution is 8.00. The van der Waals surface area contributed by atoms with Gasteiger partial charge in [-0.2, -0.15) is 0 Å². The van der Waals surface area contributed by atoms with Crippen LogP contribution in [0.3, 0.4) is 0 Å². The van der Waals surface area contributed by atoms with Crippen LogP contribution in [0.2, 0.25) is 0 Å². The van der Waals surface area contributed by atoms with Gasteiger partial charge in [-0.1, -0.05) is 42.5 Å². The number of carbonyl (C=O) groups excluding carboxylic acids is 2. The van der Waals surface area contributed by atoms with Crippen LogP contribution in [-0.2, 0) is 17.9 Å². The van der Waals surface area contributed by atoms with Crippen LogP contribution in [0.1, 0.15) is 32.6 Å². The molecule has 1 aliphatic heterocycles. The van der Waals surface area contributed by atoms with Gasteiger partial charge in [0.2, 0.25) is 5.91 Å². The molecule has 1 saturated heterocycles. The molecule has 0 aliphatic carbocycles. The number of benzene rings is 2. The Bertz CT molecular complexity index is 971. The van der Waals surface area contributed by atoms with E-state index in [0.29, 0.717) is 24.4 Å². The average Bonchev–Trinajstić information content (AvgIpc) is 3.39. The summed E-state index contributed by atoms with van der Waals surface area (Å²) in [5, 5.41) is -0.0706. The molecule has 0 radical (unpaired) electrons. The van der Waals surface area contributed by atoms with Crippen LogP contribution in [0.15, 0.2) is 77.4 Å². The molecule has 0 unspecified atom stereocenters. The summed E-state index contributed by atoms with van der Waals surface area (Å²) in [7, 11) is 1.81. The predicted molar refractivity (Wildman–Crippen MR) is 113 cm³/mol. The molecule has 2 aromatic carbocycles. The Kier molecular flexibility index (Phi) is 5.71. The molecule has 4 rings (SSSR count). The van der Waals surface area contributed by atoms with Gasteiger partial charge < -0.3 is 14.2 Å². The van der Waals surface area contributed by atoms with Crippen LogP contribution >= 0.6 is 11.8 Å². The molecule has 5 nitrogen and oxygen atoms in total. The van der Waals surface area contributed by atoms with Crippen LogP contribution in [0.4, 0.5) is 0 Å². The standard InChI is InChI=1S/C23H22N2O3S/c1-24(14-17-6-3-2-4-7-17)22(27)18-9-11-19(12-10-18)23-25(21(26)16-29-23)15-20-8-5-13-28-20/h2-13,23H,14-16H2,1H3/t23-/m1/s1. The van der Waals surface area contributed by atoms with Crippen molar-refractivity contribution in [1.29, 1.82) is 0 Å². The maximum Gasteiger partial charge on any atom is 0.253 e. The van der Waals surface area contributed by atoms with Crippen molar-refractivity contribution in [1.82, 2.24) is 9.80 Å². The van der Waals surface area contributed by atoms with E-state index in [2.05, 4.69) is 0 Å². The van der Waals surface area contributed by atoms with Gasteiger partial charge in [-0.3, -0.25) is 9.59 Å². The van der Waals surface area contributed by atoms with Gasteiger partial charge in [-0.15, -0.1) is 11.8 Å². The van der Waals surface area contributed by atoms with E-state index in [-0.39, 0.29) is 17.2 Å². The molecule has 1 aliphatic rings. The molecule has 0 saturated carbocycles. The molecular formula is C23H22N2O3S. The van der Waals surface area contributed by atoms with E-state index in [1.54, 1.807) is 30.0 Å². The zero-order chi connectivity index (χ0) is 20.2. The minimum atomic E-state index is -0.0706. The van der Waals surface area contributed by atoms with Crippen LogP contribution in [-0.4, -0.2) is 34.4 Å². The van der Waals surface area contributed by atoms with Crippen molar-refractivity contribution < 1.29 is 14.0 Å². The highest BCUT2D eigenvalue weighted by atomic mass is 32.2. The van der Waals surface area contributed by atoms with Crippen molar-refractivity contribution in [3.63, 3.8) is 0 Å². The first-order chi connectivity index (χ1) is 14.1. The summed E-state index contributed by atoms with van der Waals surface area (Å²) in [6.45, 7) is 1.01. The number of hydrogen-bond acceptors (Lipinski definition) is 4. The molecule has 148 valence electrons. The zero-order valence-electron chi connectivity index (χ0n) is 16.2. The Hall–Kier alpha value is -2.99. The van der Waals surface area contributed by atoms with Crippen LogP contribution in [0, 0.1) is 0 Å². The molecule has 6 heteroatoms. The molecule has 0 N–H and O–H groups in total. The van der Waals surface area contributed by atoms with E-state index in [0.717, 1.165) is 16.9 Å². The normalized spacial score (nSPS) is 16.2. The second-order valence-corrected chi connectivity index (χ2v) is 8.10.